The fraction of sp³-hybridized carbons (Fsp3) is 0.533. The average molecular weight is 259 g/mol. The van der Waals surface area contributed by atoms with E-state index in [9.17, 15) is 4.79 Å². The van der Waals surface area contributed by atoms with Crippen LogP contribution in [0.25, 0.3) is 0 Å². The first kappa shape index (κ1) is 12.6. The van der Waals surface area contributed by atoms with Gasteiger partial charge in [0.1, 0.15) is 0 Å². The number of hydrogen-bond donors (Lipinski definition) is 2. The first-order valence-corrected chi connectivity index (χ1v) is 7.14. The summed E-state index contributed by atoms with van der Waals surface area (Å²) in [6.07, 6.45) is 2.11. The molecule has 4 nitrogen and oxygen atoms in total. The van der Waals surface area contributed by atoms with Gasteiger partial charge in [0.2, 0.25) is 5.91 Å². The summed E-state index contributed by atoms with van der Waals surface area (Å²) in [6.45, 7) is 4.28. The number of carbonyl (C=O) groups excluding carboxylic acids is 1. The zero-order chi connectivity index (χ0) is 13.1. The Labute approximate surface area is 114 Å². The Kier molecular flexibility index (Phi) is 3.80. The third-order valence-corrected chi connectivity index (χ3v) is 4.06. The van der Waals surface area contributed by atoms with E-state index < -0.39 is 0 Å². The molecule has 1 fully saturated rings. The second-order valence-corrected chi connectivity index (χ2v) is 5.35. The van der Waals surface area contributed by atoms with Crippen molar-refractivity contribution in [1.82, 2.24) is 15.5 Å². The summed E-state index contributed by atoms with van der Waals surface area (Å²) in [6, 6.07) is 8.98. The molecule has 0 bridgehead atoms. The van der Waals surface area contributed by atoms with Crippen molar-refractivity contribution in [3.8, 4) is 0 Å². The Bertz CT molecular complexity index is 460. The lowest BCUT2D eigenvalue weighted by Crippen LogP contribution is -2.36. The second-order valence-electron chi connectivity index (χ2n) is 5.35. The van der Waals surface area contributed by atoms with E-state index in [1.54, 1.807) is 0 Å². The lowest BCUT2D eigenvalue weighted by Gasteiger charge is -2.30. The maximum atomic E-state index is 11.8. The van der Waals surface area contributed by atoms with Crippen LogP contribution < -0.4 is 10.6 Å². The highest BCUT2D eigenvalue weighted by Crippen LogP contribution is 2.29. The highest BCUT2D eigenvalue weighted by atomic mass is 16.2. The van der Waals surface area contributed by atoms with Gasteiger partial charge in [0.25, 0.3) is 0 Å². The summed E-state index contributed by atoms with van der Waals surface area (Å²) >= 11 is 0. The molecule has 0 spiro atoms. The molecule has 2 heterocycles. The number of fused-ring (bicyclic) bond motifs is 1. The molecular formula is C15H21N3O. The molecule has 4 heteroatoms. The Morgan fingerprint density at radius 3 is 3.05 bits per heavy atom. The van der Waals surface area contributed by atoms with Crippen LogP contribution in [-0.2, 0) is 11.3 Å². The quantitative estimate of drug-likeness (QED) is 0.792. The van der Waals surface area contributed by atoms with Gasteiger partial charge < -0.3 is 10.6 Å². The molecule has 1 aromatic carbocycles. The normalized spacial score (nSPS) is 25.1. The van der Waals surface area contributed by atoms with Gasteiger partial charge in [-0.15, -0.1) is 0 Å². The molecule has 1 amide bonds. The number of carbonyl (C=O) groups is 1. The molecule has 1 aromatic rings. The van der Waals surface area contributed by atoms with E-state index >= 15 is 0 Å². The van der Waals surface area contributed by atoms with Crippen LogP contribution in [0.4, 0.5) is 0 Å². The Balaban J connectivity index is 1.88. The minimum atomic E-state index is 0.159. The maximum Gasteiger partial charge on any atom is 0.234 e. The van der Waals surface area contributed by atoms with Gasteiger partial charge in [-0.3, -0.25) is 9.69 Å². The zero-order valence-corrected chi connectivity index (χ0v) is 11.2. The van der Waals surface area contributed by atoms with Crippen molar-refractivity contribution in [2.24, 2.45) is 0 Å². The molecule has 2 N–H and O–H groups in total. The molecule has 102 valence electrons. The van der Waals surface area contributed by atoms with Crippen molar-refractivity contribution < 1.29 is 4.79 Å². The standard InChI is InChI=1S/C15H21N3O/c19-15-11-18(9-3-7-17-15)14-6-8-16-10-12-4-1-2-5-13(12)14/h1-2,4-5,14,16H,3,6-11H2,(H,17,19). The Morgan fingerprint density at radius 2 is 2.11 bits per heavy atom. The van der Waals surface area contributed by atoms with Crippen molar-refractivity contribution in [2.75, 3.05) is 26.2 Å². The van der Waals surface area contributed by atoms with Gasteiger partial charge in [-0.05, 0) is 30.5 Å². The lowest BCUT2D eigenvalue weighted by molar-refractivity contribution is -0.122. The molecule has 0 saturated carbocycles. The monoisotopic (exact) mass is 259 g/mol. The molecule has 0 aromatic heterocycles. The van der Waals surface area contributed by atoms with Gasteiger partial charge in [-0.25, -0.2) is 0 Å². The van der Waals surface area contributed by atoms with E-state index in [0.717, 1.165) is 39.0 Å². The average Bonchev–Trinajstić information content (AvgIpc) is 2.76. The smallest absolute Gasteiger partial charge is 0.234 e. The number of nitrogens with zero attached hydrogens (tertiary/aromatic N) is 1. The van der Waals surface area contributed by atoms with E-state index in [-0.39, 0.29) is 5.91 Å². The number of hydrogen-bond acceptors (Lipinski definition) is 3. The van der Waals surface area contributed by atoms with Crippen molar-refractivity contribution >= 4 is 5.91 Å². The van der Waals surface area contributed by atoms with Crippen molar-refractivity contribution in [2.45, 2.75) is 25.4 Å². The first-order chi connectivity index (χ1) is 9.34. The van der Waals surface area contributed by atoms with Gasteiger partial charge in [-0.2, -0.15) is 0 Å². The molecule has 3 rings (SSSR count). The predicted molar refractivity (Wildman–Crippen MR) is 74.7 cm³/mol. The highest BCUT2D eigenvalue weighted by molar-refractivity contribution is 5.78. The molecule has 2 aliphatic rings. The fourth-order valence-corrected chi connectivity index (χ4v) is 3.11. The number of benzene rings is 1. The van der Waals surface area contributed by atoms with Crippen molar-refractivity contribution in [1.29, 1.82) is 0 Å². The van der Waals surface area contributed by atoms with E-state index in [4.69, 9.17) is 0 Å². The molecule has 0 aliphatic carbocycles. The van der Waals surface area contributed by atoms with Crippen LogP contribution in [0.1, 0.15) is 30.0 Å². The molecular weight excluding hydrogens is 238 g/mol. The molecule has 19 heavy (non-hydrogen) atoms. The highest BCUT2D eigenvalue weighted by Gasteiger charge is 2.26. The molecule has 0 radical (unpaired) electrons. The molecule has 1 saturated heterocycles. The first-order valence-electron chi connectivity index (χ1n) is 7.14. The molecule has 1 atom stereocenters. The minimum Gasteiger partial charge on any atom is -0.355 e. The number of amides is 1. The minimum absolute atomic E-state index is 0.159. The zero-order valence-electron chi connectivity index (χ0n) is 11.2. The summed E-state index contributed by atoms with van der Waals surface area (Å²) in [5.74, 6) is 0.159. The topological polar surface area (TPSA) is 44.4 Å². The molecule has 2 aliphatic heterocycles. The van der Waals surface area contributed by atoms with E-state index in [2.05, 4.69) is 39.8 Å². The number of rotatable bonds is 1. The van der Waals surface area contributed by atoms with Crippen molar-refractivity contribution in [3.63, 3.8) is 0 Å². The predicted octanol–water partition coefficient (Wildman–Crippen LogP) is 1.04. The summed E-state index contributed by atoms with van der Waals surface area (Å²) in [5.41, 5.74) is 2.76. The van der Waals surface area contributed by atoms with Crippen LogP contribution in [0, 0.1) is 0 Å². The third-order valence-electron chi connectivity index (χ3n) is 4.06. The number of nitrogens with one attached hydrogen (secondary N) is 2. The van der Waals surface area contributed by atoms with E-state index in [1.807, 2.05) is 0 Å². The van der Waals surface area contributed by atoms with Gasteiger partial charge in [-0.1, -0.05) is 24.3 Å². The Morgan fingerprint density at radius 1 is 1.21 bits per heavy atom. The summed E-state index contributed by atoms with van der Waals surface area (Å²) < 4.78 is 0. The van der Waals surface area contributed by atoms with Crippen LogP contribution in [-0.4, -0.2) is 37.0 Å². The lowest BCUT2D eigenvalue weighted by atomic mass is 9.97. The van der Waals surface area contributed by atoms with Gasteiger partial charge in [0, 0.05) is 25.7 Å². The van der Waals surface area contributed by atoms with Crippen LogP contribution in [0.2, 0.25) is 0 Å². The van der Waals surface area contributed by atoms with Crippen LogP contribution in [0.15, 0.2) is 24.3 Å². The SMILES string of the molecule is O=C1CN(C2CCNCc3ccccc32)CCCN1. The van der Waals surface area contributed by atoms with Gasteiger partial charge in [0.15, 0.2) is 0 Å². The van der Waals surface area contributed by atoms with Gasteiger partial charge in [0.05, 0.1) is 6.54 Å². The van der Waals surface area contributed by atoms with Gasteiger partial charge >= 0.3 is 0 Å². The Hall–Kier alpha value is -1.39. The largest absolute Gasteiger partial charge is 0.355 e. The van der Waals surface area contributed by atoms with E-state index in [1.165, 1.54) is 11.1 Å². The summed E-state index contributed by atoms with van der Waals surface area (Å²) in [7, 11) is 0. The van der Waals surface area contributed by atoms with E-state index in [0.29, 0.717) is 12.6 Å². The fourth-order valence-electron chi connectivity index (χ4n) is 3.11. The van der Waals surface area contributed by atoms with Crippen LogP contribution in [0.5, 0.6) is 0 Å². The van der Waals surface area contributed by atoms with Crippen molar-refractivity contribution in [3.05, 3.63) is 35.4 Å². The second kappa shape index (κ2) is 5.72. The summed E-state index contributed by atoms with van der Waals surface area (Å²) in [4.78, 5) is 14.1. The maximum absolute atomic E-state index is 11.8. The van der Waals surface area contributed by atoms with Crippen LogP contribution >= 0.6 is 0 Å². The summed E-state index contributed by atoms with van der Waals surface area (Å²) in [5, 5.41) is 6.43. The van der Waals surface area contributed by atoms with Crippen LogP contribution in [0.3, 0.4) is 0 Å². The third kappa shape index (κ3) is 2.80. The molecule has 1 unspecified atom stereocenters.